The van der Waals surface area contributed by atoms with Crippen LogP contribution < -0.4 is 5.32 Å². The maximum Gasteiger partial charge on any atom is 0.0696 e. The van der Waals surface area contributed by atoms with Crippen molar-refractivity contribution in [1.29, 1.82) is 0 Å². The van der Waals surface area contributed by atoms with E-state index in [1.54, 1.807) is 0 Å². The molecule has 1 saturated heterocycles. The van der Waals surface area contributed by atoms with E-state index in [0.717, 1.165) is 18.9 Å². The summed E-state index contributed by atoms with van der Waals surface area (Å²) in [6, 6.07) is 0.444. The summed E-state index contributed by atoms with van der Waals surface area (Å²) in [5.74, 6) is 0.787. The highest BCUT2D eigenvalue weighted by atomic mass is 16.3. The molecule has 0 aromatic carbocycles. The molecule has 1 aliphatic heterocycles. The Morgan fingerprint density at radius 2 is 2.25 bits per heavy atom. The van der Waals surface area contributed by atoms with E-state index in [1.807, 2.05) is 0 Å². The van der Waals surface area contributed by atoms with Gasteiger partial charge in [0, 0.05) is 6.04 Å². The minimum absolute atomic E-state index is 0.0336. The van der Waals surface area contributed by atoms with E-state index in [4.69, 9.17) is 5.11 Å². The van der Waals surface area contributed by atoms with Gasteiger partial charge in [0.2, 0.25) is 0 Å². The van der Waals surface area contributed by atoms with Crippen LogP contribution in [-0.2, 0) is 0 Å². The van der Waals surface area contributed by atoms with Gasteiger partial charge in [0.05, 0.1) is 6.10 Å². The molecule has 0 unspecified atom stereocenters. The van der Waals surface area contributed by atoms with Crippen molar-refractivity contribution in [1.82, 2.24) is 5.32 Å². The molecular weight excluding hydrogens is 102 g/mol. The maximum atomic E-state index is 9.16. The number of piperidine rings is 1. The number of hydrogen-bond donors (Lipinski definition) is 2. The second-order valence-electron chi connectivity index (χ2n) is 2.92. The zero-order valence-corrected chi connectivity index (χ0v) is 4.80. The third-order valence-electron chi connectivity index (χ3n) is 2.30. The summed E-state index contributed by atoms with van der Waals surface area (Å²) < 4.78 is 0. The average Bonchev–Trinajstić information content (AvgIpc) is 2.23. The summed E-state index contributed by atoms with van der Waals surface area (Å²) >= 11 is 0. The highest BCUT2D eigenvalue weighted by Gasteiger charge is 2.37. The van der Waals surface area contributed by atoms with Gasteiger partial charge in [-0.25, -0.2) is 0 Å². The van der Waals surface area contributed by atoms with Gasteiger partial charge in [-0.2, -0.15) is 0 Å². The topological polar surface area (TPSA) is 32.3 Å². The lowest BCUT2D eigenvalue weighted by Gasteiger charge is -2.16. The molecule has 0 aromatic heterocycles. The lowest BCUT2D eigenvalue weighted by atomic mass is 10.1. The van der Waals surface area contributed by atoms with Crippen LogP contribution in [0.5, 0.6) is 0 Å². The molecule has 2 rings (SSSR count). The van der Waals surface area contributed by atoms with Crippen molar-refractivity contribution in [2.75, 3.05) is 6.54 Å². The smallest absolute Gasteiger partial charge is 0.0696 e. The fraction of sp³-hybridized carbons (Fsp3) is 1.00. The summed E-state index contributed by atoms with van der Waals surface area (Å²) in [6.45, 7) is 1.14. The Balaban J connectivity index is 2.11. The van der Waals surface area contributed by atoms with Gasteiger partial charge >= 0.3 is 0 Å². The van der Waals surface area contributed by atoms with Gasteiger partial charge in [0.15, 0.2) is 0 Å². The zero-order valence-electron chi connectivity index (χ0n) is 4.80. The van der Waals surface area contributed by atoms with E-state index in [1.165, 1.54) is 6.42 Å². The van der Waals surface area contributed by atoms with Crippen LogP contribution in [0.15, 0.2) is 0 Å². The fourth-order valence-electron chi connectivity index (χ4n) is 1.82. The van der Waals surface area contributed by atoms with Gasteiger partial charge in [-0.3, -0.25) is 0 Å². The SMILES string of the molecule is O[C@@H]1C[C@H]2CN[C@H]1C2. The fourth-order valence-corrected chi connectivity index (χ4v) is 1.82. The minimum atomic E-state index is -0.0336. The molecule has 1 saturated carbocycles. The summed E-state index contributed by atoms with van der Waals surface area (Å²) in [5, 5.41) is 12.4. The lowest BCUT2D eigenvalue weighted by molar-refractivity contribution is 0.134. The normalized spacial score (nSPS) is 52.9. The molecular formula is C6H11NO. The molecule has 0 aromatic rings. The van der Waals surface area contributed by atoms with Crippen molar-refractivity contribution in [3.05, 3.63) is 0 Å². The Kier molecular flexibility index (Phi) is 0.866. The minimum Gasteiger partial charge on any atom is -0.391 e. The molecule has 1 aliphatic carbocycles. The second-order valence-corrected chi connectivity index (χ2v) is 2.92. The van der Waals surface area contributed by atoms with E-state index in [-0.39, 0.29) is 6.10 Å². The summed E-state index contributed by atoms with van der Waals surface area (Å²) in [4.78, 5) is 0. The molecule has 46 valence electrons. The van der Waals surface area contributed by atoms with Gasteiger partial charge in [-0.15, -0.1) is 0 Å². The van der Waals surface area contributed by atoms with Crippen molar-refractivity contribution >= 4 is 0 Å². The van der Waals surface area contributed by atoms with E-state index in [2.05, 4.69) is 5.32 Å². The quantitative estimate of drug-likeness (QED) is 0.453. The largest absolute Gasteiger partial charge is 0.391 e. The highest BCUT2D eigenvalue weighted by Crippen LogP contribution is 2.30. The van der Waals surface area contributed by atoms with Crippen LogP contribution in [0.3, 0.4) is 0 Å². The van der Waals surface area contributed by atoms with Crippen molar-refractivity contribution in [2.24, 2.45) is 5.92 Å². The van der Waals surface area contributed by atoms with Gasteiger partial charge in [-0.05, 0) is 25.3 Å². The molecule has 2 bridgehead atoms. The van der Waals surface area contributed by atoms with Crippen LogP contribution in [0.25, 0.3) is 0 Å². The highest BCUT2D eigenvalue weighted by molar-refractivity contribution is 4.95. The molecule has 2 aliphatic rings. The average molecular weight is 113 g/mol. The van der Waals surface area contributed by atoms with E-state index in [0.29, 0.717) is 6.04 Å². The molecule has 1 heterocycles. The molecule has 2 N–H and O–H groups in total. The van der Waals surface area contributed by atoms with Gasteiger partial charge in [0.25, 0.3) is 0 Å². The number of aliphatic hydroxyl groups is 1. The predicted octanol–water partition coefficient (Wildman–Crippen LogP) is -0.271. The predicted molar refractivity (Wildman–Crippen MR) is 30.5 cm³/mol. The standard InChI is InChI=1S/C6H11NO/c8-6-2-4-1-5(6)7-3-4/h4-8H,1-3H2/t4-,5-,6+/m0/s1. The Bertz CT molecular complexity index is 103. The summed E-state index contributed by atoms with van der Waals surface area (Å²) in [6.07, 6.45) is 2.22. The zero-order chi connectivity index (χ0) is 5.56. The first-order valence-corrected chi connectivity index (χ1v) is 3.28. The molecule has 3 atom stereocenters. The molecule has 0 spiro atoms. The number of aliphatic hydroxyl groups excluding tert-OH is 1. The van der Waals surface area contributed by atoms with E-state index < -0.39 is 0 Å². The first-order chi connectivity index (χ1) is 3.86. The number of nitrogens with one attached hydrogen (secondary N) is 1. The molecule has 0 radical (unpaired) electrons. The Hall–Kier alpha value is -0.0800. The Labute approximate surface area is 48.9 Å². The van der Waals surface area contributed by atoms with Crippen molar-refractivity contribution < 1.29 is 5.11 Å². The van der Waals surface area contributed by atoms with Crippen LogP contribution >= 0.6 is 0 Å². The number of fused-ring (bicyclic) bond motifs is 2. The van der Waals surface area contributed by atoms with Crippen LogP contribution in [0.4, 0.5) is 0 Å². The molecule has 0 amide bonds. The van der Waals surface area contributed by atoms with Crippen LogP contribution in [0.1, 0.15) is 12.8 Å². The number of hydrogen-bond acceptors (Lipinski definition) is 2. The van der Waals surface area contributed by atoms with Crippen LogP contribution in [0, 0.1) is 5.92 Å². The van der Waals surface area contributed by atoms with Gasteiger partial charge in [0.1, 0.15) is 0 Å². The monoisotopic (exact) mass is 113 g/mol. The third-order valence-corrected chi connectivity index (χ3v) is 2.30. The summed E-state index contributed by atoms with van der Waals surface area (Å²) in [7, 11) is 0. The first kappa shape index (κ1) is 4.77. The van der Waals surface area contributed by atoms with Gasteiger partial charge < -0.3 is 10.4 Å². The van der Waals surface area contributed by atoms with Crippen LogP contribution in [-0.4, -0.2) is 23.8 Å². The third kappa shape index (κ3) is 0.501. The van der Waals surface area contributed by atoms with Gasteiger partial charge in [-0.1, -0.05) is 0 Å². The van der Waals surface area contributed by atoms with Crippen molar-refractivity contribution in [2.45, 2.75) is 25.0 Å². The maximum absolute atomic E-state index is 9.16. The van der Waals surface area contributed by atoms with Crippen molar-refractivity contribution in [3.63, 3.8) is 0 Å². The first-order valence-electron chi connectivity index (χ1n) is 3.28. The van der Waals surface area contributed by atoms with Crippen LogP contribution in [0.2, 0.25) is 0 Å². The number of rotatable bonds is 0. The Morgan fingerprint density at radius 1 is 1.38 bits per heavy atom. The van der Waals surface area contributed by atoms with Crippen molar-refractivity contribution in [3.8, 4) is 0 Å². The lowest BCUT2D eigenvalue weighted by Crippen LogP contribution is -2.36. The second kappa shape index (κ2) is 1.45. The molecule has 2 nitrogen and oxygen atoms in total. The van der Waals surface area contributed by atoms with E-state index in [9.17, 15) is 0 Å². The molecule has 2 fully saturated rings. The molecule has 2 heteroatoms. The summed E-state index contributed by atoms with van der Waals surface area (Å²) in [5.41, 5.74) is 0. The van der Waals surface area contributed by atoms with E-state index >= 15 is 0 Å². The molecule has 8 heavy (non-hydrogen) atoms. The Morgan fingerprint density at radius 3 is 2.50 bits per heavy atom.